The lowest BCUT2D eigenvalue weighted by atomic mass is 9.87. The monoisotopic (exact) mass is 834 g/mol. The summed E-state index contributed by atoms with van der Waals surface area (Å²) in [6, 6.07) is 0. The van der Waals surface area contributed by atoms with Crippen molar-refractivity contribution in [3.63, 3.8) is 0 Å². The number of hydrogen-bond donors (Lipinski definition) is 11. The van der Waals surface area contributed by atoms with E-state index in [4.69, 9.17) is 28.0 Å². The lowest BCUT2D eigenvalue weighted by Crippen LogP contribution is -2.74. The normalized spacial score (nSPS) is 41.6. The summed E-state index contributed by atoms with van der Waals surface area (Å²) in [5.74, 6) is -14.4. The van der Waals surface area contributed by atoms with Crippen LogP contribution in [0.4, 0.5) is 0 Å². The predicted octanol–water partition coefficient (Wildman–Crippen LogP) is -2.14. The molecule has 2 bridgehead atoms. The van der Waals surface area contributed by atoms with Crippen molar-refractivity contribution in [3.8, 4) is 0 Å². The second-order valence-electron chi connectivity index (χ2n) is 14.8. The summed E-state index contributed by atoms with van der Waals surface area (Å²) < 4.78 is 48.3. The summed E-state index contributed by atoms with van der Waals surface area (Å²) >= 11 is 0. The summed E-state index contributed by atoms with van der Waals surface area (Å²) in [7, 11) is -5.22. The van der Waals surface area contributed by atoms with E-state index >= 15 is 0 Å². The maximum Gasteiger partial charge on any atom is 0.483 e. The quantitative estimate of drug-likeness (QED) is 0.0281. The Balaban J connectivity index is 1.28. The summed E-state index contributed by atoms with van der Waals surface area (Å²) in [4.78, 5) is 26.0. The van der Waals surface area contributed by atoms with E-state index in [1.54, 1.807) is 0 Å². The Morgan fingerprint density at radius 2 is 1.14 bits per heavy atom. The molecule has 0 radical (unpaired) electrons. The van der Waals surface area contributed by atoms with E-state index in [0.29, 0.717) is 6.42 Å². The smallest absolute Gasteiger partial charge is 0.394 e. The molecule has 4 heterocycles. The summed E-state index contributed by atoms with van der Waals surface area (Å²) in [5, 5.41) is 115. The molecule has 1 unspecified atom stereocenters. The highest BCUT2D eigenvalue weighted by Gasteiger charge is 2.87. The molecule has 15 atom stereocenters. The third kappa shape index (κ3) is 10.2. The zero-order valence-corrected chi connectivity index (χ0v) is 32.2. The minimum absolute atomic E-state index is 0.227. The van der Waals surface area contributed by atoms with Crippen LogP contribution >= 0.6 is 7.82 Å². The van der Waals surface area contributed by atoms with Crippen molar-refractivity contribution >= 4 is 19.4 Å². The van der Waals surface area contributed by atoms with Crippen LogP contribution in [0.5, 0.6) is 0 Å². The summed E-state index contributed by atoms with van der Waals surface area (Å²) in [5.41, 5.74) is 0. The van der Waals surface area contributed by atoms with Gasteiger partial charge in [-0.15, -0.1) is 0 Å². The molecule has 0 amide bonds. The second kappa shape index (κ2) is 20.4. The number of carbonyl (C=O) groups is 2. The first-order chi connectivity index (χ1) is 26.4. The lowest BCUT2D eigenvalue weighted by Gasteiger charge is -2.44. The van der Waals surface area contributed by atoms with Crippen molar-refractivity contribution in [2.75, 3.05) is 19.8 Å². The molecule has 22 heteroatoms. The third-order valence-electron chi connectivity index (χ3n) is 10.6. The Hall–Kier alpha value is -1.15. The first-order valence-corrected chi connectivity index (χ1v) is 20.7. The molecule has 0 aromatic rings. The second-order valence-corrected chi connectivity index (χ2v) is 16.3. The standard InChI is InChI=1S/C34H59O21P/c1-2-3-4-5-6-7-8-9-10-11-12-13-14-15-19(36)29(44)33(46)34(47)32(45,53-56(48,54-33)55-34)22(37)18-50-31-28(43)26(41)24(39)21(52-31)17-49-30-27(42)25(40)23(38)20(16-35)51-30/h20-28,30-31,35,37-43,45-47H,2-18H2,1H3/t20-,21-,22-,23-,24-,25+,26+,27-,28-,30+,31+,32-,33-,34+,56?/m1/s1. The molecule has 0 saturated carbocycles. The molecular formula is C34H59O21P. The molecule has 4 aliphatic heterocycles. The van der Waals surface area contributed by atoms with Crippen LogP contribution < -0.4 is 0 Å². The number of Topliss-reactive ketones (excluding diaryl/α,β-unsaturated/α-hetero) is 2. The number of rotatable bonds is 24. The Labute approximate surface area is 323 Å². The van der Waals surface area contributed by atoms with Crippen molar-refractivity contribution in [2.45, 2.75) is 182 Å². The van der Waals surface area contributed by atoms with Gasteiger partial charge >= 0.3 is 13.6 Å². The summed E-state index contributed by atoms with van der Waals surface area (Å²) in [6.45, 7) is -0.585. The predicted molar refractivity (Wildman–Crippen MR) is 184 cm³/mol. The van der Waals surface area contributed by atoms with Gasteiger partial charge in [-0.25, -0.2) is 18.1 Å². The van der Waals surface area contributed by atoms with E-state index in [0.717, 1.165) is 32.1 Å². The highest BCUT2D eigenvalue weighted by atomic mass is 31.2. The number of carbonyl (C=O) groups excluding carboxylic acids is 2. The van der Waals surface area contributed by atoms with E-state index < -0.39 is 131 Å². The highest BCUT2D eigenvalue weighted by Crippen LogP contribution is 2.74. The van der Waals surface area contributed by atoms with Crippen LogP contribution in [-0.2, 0) is 46.7 Å². The van der Waals surface area contributed by atoms with Crippen LogP contribution in [0.3, 0.4) is 0 Å². The van der Waals surface area contributed by atoms with Crippen LogP contribution in [0, 0.1) is 0 Å². The first-order valence-electron chi connectivity index (χ1n) is 19.3. The van der Waals surface area contributed by atoms with Gasteiger partial charge in [0.15, 0.2) is 12.6 Å². The van der Waals surface area contributed by atoms with Crippen LogP contribution in [0.2, 0.25) is 0 Å². The van der Waals surface area contributed by atoms with Gasteiger partial charge in [0.2, 0.25) is 5.78 Å². The van der Waals surface area contributed by atoms with Crippen molar-refractivity contribution in [1.82, 2.24) is 0 Å². The van der Waals surface area contributed by atoms with Crippen LogP contribution in [0.25, 0.3) is 0 Å². The van der Waals surface area contributed by atoms with Gasteiger partial charge in [0, 0.05) is 6.42 Å². The number of aliphatic hydroxyl groups excluding tert-OH is 8. The molecule has 56 heavy (non-hydrogen) atoms. The molecular weight excluding hydrogens is 775 g/mol. The summed E-state index contributed by atoms with van der Waals surface area (Å²) in [6.07, 6.45) is -7.71. The fraction of sp³-hybridized carbons (Fsp3) is 0.941. The highest BCUT2D eigenvalue weighted by molar-refractivity contribution is 7.49. The Bertz CT molecular complexity index is 1320. The molecule has 326 valence electrons. The van der Waals surface area contributed by atoms with Crippen molar-refractivity contribution in [3.05, 3.63) is 0 Å². The number of ether oxygens (including phenoxy) is 4. The molecule has 4 fully saturated rings. The van der Waals surface area contributed by atoms with Gasteiger partial charge in [-0.2, -0.15) is 0 Å². The number of ketones is 2. The van der Waals surface area contributed by atoms with Gasteiger partial charge in [-0.05, 0) is 6.42 Å². The van der Waals surface area contributed by atoms with Crippen LogP contribution in [0.15, 0.2) is 0 Å². The topological polar surface area (TPSA) is 338 Å². The van der Waals surface area contributed by atoms with Crippen molar-refractivity contribution < 1.29 is 103 Å². The van der Waals surface area contributed by atoms with Crippen LogP contribution in [-0.4, -0.2) is 172 Å². The molecule has 4 rings (SSSR count). The van der Waals surface area contributed by atoms with E-state index in [9.17, 15) is 70.3 Å². The maximum atomic E-state index is 13.1. The molecule has 11 N–H and O–H groups in total. The van der Waals surface area contributed by atoms with Gasteiger partial charge in [0.1, 0.15) is 54.9 Å². The number of hydrogen-bond acceptors (Lipinski definition) is 21. The minimum atomic E-state index is -5.22. The maximum absolute atomic E-state index is 13.1. The number of fused-ring (bicyclic) bond motifs is 2. The van der Waals surface area contributed by atoms with Gasteiger partial charge in [-0.1, -0.05) is 84.0 Å². The van der Waals surface area contributed by atoms with Gasteiger partial charge in [0.05, 0.1) is 19.8 Å². The Morgan fingerprint density at radius 1 is 0.661 bits per heavy atom. The first kappa shape index (κ1) is 47.5. The molecule has 0 aromatic carbocycles. The van der Waals surface area contributed by atoms with Crippen LogP contribution in [0.1, 0.15) is 96.8 Å². The van der Waals surface area contributed by atoms with E-state index in [2.05, 4.69) is 11.4 Å². The number of aliphatic hydroxyl groups is 11. The van der Waals surface area contributed by atoms with E-state index in [1.807, 2.05) is 0 Å². The van der Waals surface area contributed by atoms with Crippen molar-refractivity contribution in [2.24, 2.45) is 0 Å². The van der Waals surface area contributed by atoms with Gasteiger partial charge in [0.25, 0.3) is 17.4 Å². The average Bonchev–Trinajstić information content (AvgIpc) is 3.52. The molecule has 4 aliphatic rings. The molecule has 0 aromatic heterocycles. The minimum Gasteiger partial charge on any atom is -0.394 e. The van der Waals surface area contributed by atoms with Gasteiger partial charge in [-0.3, -0.25) is 9.59 Å². The number of phosphoric ester groups is 1. The zero-order chi connectivity index (χ0) is 41.5. The molecule has 0 aliphatic carbocycles. The lowest BCUT2D eigenvalue weighted by molar-refractivity contribution is -0.407. The van der Waals surface area contributed by atoms with Gasteiger partial charge < -0.3 is 75.1 Å². The molecule has 21 nitrogen and oxygen atoms in total. The number of unbranched alkanes of at least 4 members (excludes halogenated alkanes) is 12. The van der Waals surface area contributed by atoms with E-state index in [1.165, 1.54) is 38.5 Å². The fourth-order valence-corrected chi connectivity index (χ4v) is 8.82. The fourth-order valence-electron chi connectivity index (χ4n) is 7.02. The Kier molecular flexibility index (Phi) is 17.3. The largest absolute Gasteiger partial charge is 0.483 e. The third-order valence-corrected chi connectivity index (χ3v) is 12.0. The average molecular weight is 835 g/mol. The number of phosphoric acid groups is 1. The SMILES string of the molecule is CCCCCCCCCCCCCCCC(=O)C(=O)[C@@]1(O)OP2(=O)O[C@@]1(O)[C@@](O)([C@H](O)CO[C@H]1O[C@H](CO[C@H]3O[C@H](CO)[C@@H](O)[C@H](O)[C@H]3O)[C@@H](O)[C@H](O)[C@H]1O)O2. The molecule has 4 saturated heterocycles. The van der Waals surface area contributed by atoms with Crippen molar-refractivity contribution in [1.29, 1.82) is 0 Å². The molecule has 0 spiro atoms. The zero-order valence-electron chi connectivity index (χ0n) is 31.3. The Morgan fingerprint density at radius 3 is 1.66 bits per heavy atom. The van der Waals surface area contributed by atoms with E-state index in [-0.39, 0.29) is 6.42 Å².